The predicted octanol–water partition coefficient (Wildman–Crippen LogP) is 4.15. The normalized spacial score (nSPS) is 14.5. The number of hydrogen-bond donors (Lipinski definition) is 1. The topological polar surface area (TPSA) is 77.2 Å². The molecule has 0 aliphatic heterocycles. The summed E-state index contributed by atoms with van der Waals surface area (Å²) in [7, 11) is 0. The summed E-state index contributed by atoms with van der Waals surface area (Å²) >= 11 is 1.37. The van der Waals surface area contributed by atoms with Crippen molar-refractivity contribution in [1.29, 1.82) is 0 Å². The molecule has 0 unspecified atom stereocenters. The van der Waals surface area contributed by atoms with Crippen molar-refractivity contribution in [2.24, 2.45) is 0 Å². The van der Waals surface area contributed by atoms with Crippen LogP contribution in [0.4, 0.5) is 4.39 Å². The molecule has 0 bridgehead atoms. The van der Waals surface area contributed by atoms with E-state index in [0.717, 1.165) is 12.8 Å². The number of rotatable bonds is 9. The summed E-state index contributed by atoms with van der Waals surface area (Å²) in [6.07, 6.45) is 1.27. The Morgan fingerprint density at radius 2 is 2.07 bits per heavy atom. The molecule has 156 valence electrons. The maximum Gasteiger partial charge on any atom is 0.191 e. The Kier molecular flexibility index (Phi) is 6.15. The molecule has 1 saturated carbocycles. The molecule has 1 aromatic heterocycles. The molecule has 0 amide bonds. The zero-order valence-corrected chi connectivity index (χ0v) is 17.3. The molecule has 4 rings (SSSR count). The minimum atomic E-state index is -0.739. The molecule has 3 aromatic rings. The number of halogens is 1. The maximum atomic E-state index is 14.2. The molecule has 1 atom stereocenters. The van der Waals surface area contributed by atoms with Crippen LogP contribution < -0.4 is 4.74 Å². The lowest BCUT2D eigenvalue weighted by molar-refractivity contribution is 0.101. The van der Waals surface area contributed by atoms with Gasteiger partial charge in [-0.3, -0.25) is 9.36 Å². The van der Waals surface area contributed by atoms with Crippen molar-refractivity contribution in [1.82, 2.24) is 14.8 Å². The number of ether oxygens (including phenoxy) is 1. The summed E-state index contributed by atoms with van der Waals surface area (Å²) in [4.78, 5) is 11.5. The summed E-state index contributed by atoms with van der Waals surface area (Å²) in [6.45, 7) is 1.59. The van der Waals surface area contributed by atoms with E-state index < -0.39 is 6.10 Å². The SMILES string of the molecule is CC(=O)c1cccc(OC[C@@H](O)CSc2nnc(-c3ccccc3F)n2C2CC2)c1. The third-order valence-electron chi connectivity index (χ3n) is 4.78. The summed E-state index contributed by atoms with van der Waals surface area (Å²) in [6, 6.07) is 13.7. The minimum Gasteiger partial charge on any atom is -0.491 e. The first-order valence-electron chi connectivity index (χ1n) is 9.77. The molecule has 0 saturated heterocycles. The molecular formula is C22H22FN3O3S. The van der Waals surface area contributed by atoms with Gasteiger partial charge >= 0.3 is 0 Å². The Hall–Kier alpha value is -2.71. The smallest absolute Gasteiger partial charge is 0.191 e. The standard InChI is InChI=1S/C22H22FN3O3S/c1-14(27)15-5-4-6-18(11-15)29-12-17(28)13-30-22-25-24-21(26(22)16-9-10-16)19-7-2-3-8-20(19)23/h2-8,11,16-17,28H,9-10,12-13H2,1H3/t17-/m1/s1. The number of aromatic nitrogens is 3. The van der Waals surface area contributed by atoms with Gasteiger partial charge in [-0.05, 0) is 44.0 Å². The number of thioether (sulfide) groups is 1. The number of aliphatic hydroxyl groups excluding tert-OH is 1. The van der Waals surface area contributed by atoms with E-state index in [-0.39, 0.29) is 24.2 Å². The molecule has 1 aliphatic rings. The Bertz CT molecular complexity index is 1050. The van der Waals surface area contributed by atoms with E-state index in [0.29, 0.717) is 33.6 Å². The van der Waals surface area contributed by atoms with Gasteiger partial charge in [-0.2, -0.15) is 0 Å². The lowest BCUT2D eigenvalue weighted by Crippen LogP contribution is -2.20. The van der Waals surface area contributed by atoms with E-state index in [4.69, 9.17) is 4.74 Å². The predicted molar refractivity (Wildman–Crippen MR) is 112 cm³/mol. The average molecular weight is 428 g/mol. The van der Waals surface area contributed by atoms with Crippen LogP contribution >= 0.6 is 11.8 Å². The van der Waals surface area contributed by atoms with Crippen LogP contribution in [0.25, 0.3) is 11.4 Å². The number of ketones is 1. The van der Waals surface area contributed by atoms with Gasteiger partial charge in [0.05, 0.1) is 11.7 Å². The van der Waals surface area contributed by atoms with Gasteiger partial charge in [0.2, 0.25) is 0 Å². The number of carbonyl (C=O) groups is 1. The molecule has 1 fully saturated rings. The Balaban J connectivity index is 1.40. The van der Waals surface area contributed by atoms with Crippen molar-refractivity contribution < 1.29 is 19.0 Å². The molecule has 1 aliphatic carbocycles. The van der Waals surface area contributed by atoms with Gasteiger partial charge < -0.3 is 9.84 Å². The van der Waals surface area contributed by atoms with Crippen molar-refractivity contribution in [3.05, 3.63) is 59.9 Å². The molecule has 0 radical (unpaired) electrons. The van der Waals surface area contributed by atoms with Crippen LogP contribution in [0.3, 0.4) is 0 Å². The highest BCUT2D eigenvalue weighted by atomic mass is 32.2. The molecule has 0 spiro atoms. The Labute approximate surface area is 178 Å². The zero-order chi connectivity index (χ0) is 21.1. The number of nitrogens with zero attached hydrogens (tertiary/aromatic N) is 3. The number of aliphatic hydroxyl groups is 1. The molecular weight excluding hydrogens is 405 g/mol. The second kappa shape index (κ2) is 8.97. The van der Waals surface area contributed by atoms with Crippen molar-refractivity contribution in [2.75, 3.05) is 12.4 Å². The summed E-state index contributed by atoms with van der Waals surface area (Å²) in [5, 5.41) is 19.4. The Morgan fingerprint density at radius 3 is 2.80 bits per heavy atom. The largest absolute Gasteiger partial charge is 0.491 e. The molecule has 8 heteroatoms. The van der Waals surface area contributed by atoms with Gasteiger partial charge in [-0.25, -0.2) is 4.39 Å². The van der Waals surface area contributed by atoms with Crippen LogP contribution in [-0.2, 0) is 0 Å². The van der Waals surface area contributed by atoms with E-state index in [1.54, 1.807) is 42.5 Å². The van der Waals surface area contributed by atoms with Gasteiger partial charge in [0.15, 0.2) is 16.8 Å². The van der Waals surface area contributed by atoms with Crippen LogP contribution in [0, 0.1) is 5.82 Å². The first kappa shape index (κ1) is 20.6. The third-order valence-corrected chi connectivity index (χ3v) is 5.87. The van der Waals surface area contributed by atoms with Gasteiger partial charge in [0.25, 0.3) is 0 Å². The lowest BCUT2D eigenvalue weighted by atomic mass is 10.1. The Morgan fingerprint density at radius 1 is 1.27 bits per heavy atom. The van der Waals surface area contributed by atoms with Crippen LogP contribution in [0.2, 0.25) is 0 Å². The van der Waals surface area contributed by atoms with Gasteiger partial charge in [0, 0.05) is 17.4 Å². The maximum absolute atomic E-state index is 14.2. The average Bonchev–Trinajstić information content (AvgIpc) is 3.50. The van der Waals surface area contributed by atoms with E-state index in [2.05, 4.69) is 10.2 Å². The lowest BCUT2D eigenvalue weighted by Gasteiger charge is -2.13. The van der Waals surface area contributed by atoms with Gasteiger partial charge in [-0.15, -0.1) is 10.2 Å². The van der Waals surface area contributed by atoms with E-state index in [1.807, 2.05) is 4.57 Å². The van der Waals surface area contributed by atoms with Crippen molar-refractivity contribution in [3.8, 4) is 17.1 Å². The van der Waals surface area contributed by atoms with Gasteiger partial charge in [-0.1, -0.05) is 36.0 Å². The fraction of sp³-hybridized carbons (Fsp3) is 0.318. The molecule has 1 heterocycles. The first-order chi connectivity index (χ1) is 14.5. The van der Waals surface area contributed by atoms with Crippen molar-refractivity contribution >= 4 is 17.5 Å². The number of benzene rings is 2. The van der Waals surface area contributed by atoms with Crippen molar-refractivity contribution in [3.63, 3.8) is 0 Å². The highest BCUT2D eigenvalue weighted by Crippen LogP contribution is 2.41. The van der Waals surface area contributed by atoms with Crippen LogP contribution in [0.15, 0.2) is 53.7 Å². The fourth-order valence-corrected chi connectivity index (χ4v) is 3.99. The second-order valence-corrected chi connectivity index (χ2v) is 8.23. The van der Waals surface area contributed by atoms with E-state index >= 15 is 0 Å². The zero-order valence-electron chi connectivity index (χ0n) is 16.5. The third kappa shape index (κ3) is 4.71. The monoisotopic (exact) mass is 427 g/mol. The number of hydrogen-bond acceptors (Lipinski definition) is 6. The summed E-state index contributed by atoms with van der Waals surface area (Å²) in [5.41, 5.74) is 0.993. The van der Waals surface area contributed by atoms with E-state index in [1.165, 1.54) is 24.8 Å². The molecule has 30 heavy (non-hydrogen) atoms. The molecule has 6 nitrogen and oxygen atoms in total. The highest BCUT2D eigenvalue weighted by molar-refractivity contribution is 7.99. The molecule has 2 aromatic carbocycles. The summed E-state index contributed by atoms with van der Waals surface area (Å²) in [5.74, 6) is 1.04. The first-order valence-corrected chi connectivity index (χ1v) is 10.8. The second-order valence-electron chi connectivity index (χ2n) is 7.25. The minimum absolute atomic E-state index is 0.0402. The van der Waals surface area contributed by atoms with Crippen LogP contribution in [0.1, 0.15) is 36.2 Å². The molecule has 1 N–H and O–H groups in total. The number of carbonyl (C=O) groups excluding carboxylic acids is 1. The summed E-state index contributed by atoms with van der Waals surface area (Å²) < 4.78 is 21.8. The van der Waals surface area contributed by atoms with Gasteiger partial charge in [0.1, 0.15) is 18.2 Å². The van der Waals surface area contributed by atoms with Crippen LogP contribution in [-0.4, -0.2) is 44.1 Å². The quantitative estimate of drug-likeness (QED) is 0.408. The number of Topliss-reactive ketones (excluding diaryl/α,β-unsaturated/α-hetero) is 1. The van der Waals surface area contributed by atoms with Crippen LogP contribution in [0.5, 0.6) is 5.75 Å². The highest BCUT2D eigenvalue weighted by Gasteiger charge is 2.31. The van der Waals surface area contributed by atoms with Crippen molar-refractivity contribution in [2.45, 2.75) is 37.1 Å². The fourth-order valence-electron chi connectivity index (χ4n) is 3.08. The van der Waals surface area contributed by atoms with E-state index in [9.17, 15) is 14.3 Å².